The van der Waals surface area contributed by atoms with Crippen molar-refractivity contribution in [3.05, 3.63) is 60.8 Å². The average Bonchev–Trinajstić information content (AvgIpc) is 3.27. The third-order valence-electron chi connectivity index (χ3n) is 4.68. The van der Waals surface area contributed by atoms with E-state index in [1.54, 1.807) is 4.68 Å². The smallest absolute Gasteiger partial charge is 0.182 e. The molecular formula is C20H17N7O. The largest absolute Gasteiger partial charge is 0.394 e. The Hall–Kier alpha value is -3.78. The molecule has 1 aromatic carbocycles. The van der Waals surface area contributed by atoms with Crippen LogP contribution in [0.4, 0.5) is 5.82 Å². The Bertz CT molecular complexity index is 1290. The molecule has 138 valence electrons. The first-order chi connectivity index (χ1) is 13.8. The fourth-order valence-corrected chi connectivity index (χ4v) is 3.42. The van der Waals surface area contributed by atoms with Crippen LogP contribution in [0.3, 0.4) is 0 Å². The van der Waals surface area contributed by atoms with Gasteiger partial charge in [0.05, 0.1) is 35.3 Å². The molecule has 0 atom stereocenters. The number of pyridine rings is 1. The van der Waals surface area contributed by atoms with E-state index in [2.05, 4.69) is 15.3 Å². The van der Waals surface area contributed by atoms with Gasteiger partial charge >= 0.3 is 0 Å². The predicted molar refractivity (Wildman–Crippen MR) is 106 cm³/mol. The quantitative estimate of drug-likeness (QED) is 0.502. The second-order valence-corrected chi connectivity index (χ2v) is 6.42. The number of benzene rings is 1. The van der Waals surface area contributed by atoms with Crippen molar-refractivity contribution in [2.45, 2.75) is 6.54 Å². The van der Waals surface area contributed by atoms with E-state index >= 15 is 0 Å². The van der Waals surface area contributed by atoms with Gasteiger partial charge in [0.25, 0.3) is 0 Å². The molecule has 8 heteroatoms. The summed E-state index contributed by atoms with van der Waals surface area (Å²) < 4.78 is 3.40. The van der Waals surface area contributed by atoms with Crippen LogP contribution < -0.4 is 5.73 Å². The van der Waals surface area contributed by atoms with Gasteiger partial charge < -0.3 is 10.8 Å². The monoisotopic (exact) mass is 371 g/mol. The van der Waals surface area contributed by atoms with Gasteiger partial charge in [0.1, 0.15) is 5.69 Å². The summed E-state index contributed by atoms with van der Waals surface area (Å²) in [6.45, 7) is 0.263. The Balaban J connectivity index is 1.78. The molecule has 0 fully saturated rings. The van der Waals surface area contributed by atoms with E-state index in [0.717, 1.165) is 22.3 Å². The number of hydrogen-bond acceptors (Lipinski definition) is 6. The second kappa shape index (κ2) is 6.43. The van der Waals surface area contributed by atoms with Crippen LogP contribution in [0.15, 0.2) is 60.8 Å². The van der Waals surface area contributed by atoms with Crippen molar-refractivity contribution in [3.63, 3.8) is 0 Å². The molecule has 4 heterocycles. The van der Waals surface area contributed by atoms with Crippen molar-refractivity contribution in [2.75, 3.05) is 12.3 Å². The van der Waals surface area contributed by atoms with Gasteiger partial charge in [-0.3, -0.25) is 0 Å². The molecule has 0 spiro atoms. The van der Waals surface area contributed by atoms with E-state index in [-0.39, 0.29) is 6.61 Å². The minimum Gasteiger partial charge on any atom is -0.394 e. The molecule has 0 radical (unpaired) electrons. The first kappa shape index (κ1) is 16.4. The zero-order valence-electron chi connectivity index (χ0n) is 14.9. The maximum absolute atomic E-state index is 9.21. The highest BCUT2D eigenvalue weighted by atomic mass is 16.3. The molecule has 0 aliphatic heterocycles. The fourth-order valence-electron chi connectivity index (χ4n) is 3.42. The number of nitrogens with zero attached hydrogens (tertiary/aromatic N) is 6. The van der Waals surface area contributed by atoms with Crippen LogP contribution in [-0.2, 0) is 6.54 Å². The lowest BCUT2D eigenvalue weighted by atomic mass is 10.0. The SMILES string of the molecule is Nc1nn(CCO)c2nnc(-c3c(-c4ccccc4)nn4ccccc34)cc12. The summed E-state index contributed by atoms with van der Waals surface area (Å²) in [6.07, 6.45) is 1.91. The Morgan fingerprint density at radius 1 is 0.964 bits per heavy atom. The maximum Gasteiger partial charge on any atom is 0.182 e. The standard InChI is InChI=1S/C20H17N7O/c21-19-14-12-15(22-23-20(14)27(25-19)10-11-28)17-16-8-4-5-9-26(16)24-18(17)13-6-2-1-3-7-13/h1-9,12,28H,10-11H2,(H2,21,25). The lowest BCUT2D eigenvalue weighted by Gasteiger charge is -2.04. The molecule has 0 saturated carbocycles. The van der Waals surface area contributed by atoms with E-state index in [1.807, 2.05) is 65.3 Å². The van der Waals surface area contributed by atoms with Crippen LogP contribution in [0.2, 0.25) is 0 Å². The molecule has 28 heavy (non-hydrogen) atoms. The summed E-state index contributed by atoms with van der Waals surface area (Å²) in [5, 5.41) is 27.7. The molecule has 5 rings (SSSR count). The van der Waals surface area contributed by atoms with Crippen molar-refractivity contribution in [1.29, 1.82) is 0 Å². The molecule has 0 saturated heterocycles. The number of fused-ring (bicyclic) bond motifs is 2. The van der Waals surface area contributed by atoms with Crippen molar-refractivity contribution >= 4 is 22.4 Å². The van der Waals surface area contributed by atoms with Crippen LogP contribution in [0.25, 0.3) is 39.1 Å². The molecule has 0 amide bonds. The Morgan fingerprint density at radius 2 is 1.79 bits per heavy atom. The van der Waals surface area contributed by atoms with E-state index < -0.39 is 0 Å². The zero-order chi connectivity index (χ0) is 19.1. The van der Waals surface area contributed by atoms with Crippen molar-refractivity contribution in [1.82, 2.24) is 29.6 Å². The lowest BCUT2D eigenvalue weighted by Crippen LogP contribution is -2.05. The first-order valence-electron chi connectivity index (χ1n) is 8.90. The van der Waals surface area contributed by atoms with E-state index in [0.29, 0.717) is 29.1 Å². The van der Waals surface area contributed by atoms with Gasteiger partial charge in [-0.05, 0) is 18.2 Å². The van der Waals surface area contributed by atoms with E-state index in [1.165, 1.54) is 0 Å². The molecular weight excluding hydrogens is 354 g/mol. The van der Waals surface area contributed by atoms with Gasteiger partial charge in [-0.2, -0.15) is 10.2 Å². The number of nitrogens with two attached hydrogens (primary N) is 1. The fraction of sp³-hybridized carbons (Fsp3) is 0.100. The van der Waals surface area contributed by atoms with Crippen molar-refractivity contribution in [3.8, 4) is 22.5 Å². The van der Waals surface area contributed by atoms with Gasteiger partial charge in [0.2, 0.25) is 0 Å². The van der Waals surface area contributed by atoms with Gasteiger partial charge in [-0.1, -0.05) is 36.4 Å². The summed E-state index contributed by atoms with van der Waals surface area (Å²) in [4.78, 5) is 0. The van der Waals surface area contributed by atoms with E-state index in [4.69, 9.17) is 10.8 Å². The number of rotatable bonds is 4. The molecule has 0 aliphatic carbocycles. The zero-order valence-corrected chi connectivity index (χ0v) is 14.9. The highest BCUT2D eigenvalue weighted by Gasteiger charge is 2.20. The van der Waals surface area contributed by atoms with Crippen molar-refractivity contribution in [2.24, 2.45) is 0 Å². The molecule has 4 aromatic heterocycles. The van der Waals surface area contributed by atoms with Gasteiger partial charge in [0, 0.05) is 11.8 Å². The molecule has 0 bridgehead atoms. The minimum atomic E-state index is -0.0497. The van der Waals surface area contributed by atoms with Gasteiger partial charge in [-0.15, -0.1) is 10.2 Å². The normalized spacial score (nSPS) is 11.5. The molecule has 3 N–H and O–H groups in total. The van der Waals surface area contributed by atoms with Crippen LogP contribution >= 0.6 is 0 Å². The number of anilines is 1. The minimum absolute atomic E-state index is 0.0497. The predicted octanol–water partition coefficient (Wildman–Crippen LogP) is 2.38. The summed E-state index contributed by atoms with van der Waals surface area (Å²) in [5.41, 5.74) is 10.9. The van der Waals surface area contributed by atoms with Crippen LogP contribution in [0, 0.1) is 0 Å². The van der Waals surface area contributed by atoms with E-state index in [9.17, 15) is 5.11 Å². The Labute approximate surface area is 159 Å². The third kappa shape index (κ3) is 2.50. The third-order valence-corrected chi connectivity index (χ3v) is 4.68. The number of aromatic nitrogens is 6. The first-order valence-corrected chi connectivity index (χ1v) is 8.90. The Kier molecular flexibility index (Phi) is 3.77. The van der Waals surface area contributed by atoms with Gasteiger partial charge in [0.15, 0.2) is 11.5 Å². The van der Waals surface area contributed by atoms with Crippen LogP contribution in [0.1, 0.15) is 0 Å². The summed E-state index contributed by atoms with van der Waals surface area (Å²) >= 11 is 0. The second-order valence-electron chi connectivity index (χ2n) is 6.42. The molecule has 5 aromatic rings. The summed E-state index contributed by atoms with van der Waals surface area (Å²) in [6, 6.07) is 17.8. The highest BCUT2D eigenvalue weighted by molar-refractivity contribution is 5.95. The Morgan fingerprint density at radius 3 is 2.61 bits per heavy atom. The number of nitrogen functional groups attached to an aromatic ring is 1. The number of aliphatic hydroxyl groups is 1. The topological polar surface area (TPSA) is 107 Å². The number of hydrogen-bond donors (Lipinski definition) is 2. The van der Waals surface area contributed by atoms with Gasteiger partial charge in [-0.25, -0.2) is 9.20 Å². The molecule has 8 nitrogen and oxygen atoms in total. The van der Waals surface area contributed by atoms with Crippen LogP contribution in [0.5, 0.6) is 0 Å². The summed E-state index contributed by atoms with van der Waals surface area (Å²) in [7, 11) is 0. The number of aliphatic hydroxyl groups excluding tert-OH is 1. The highest BCUT2D eigenvalue weighted by Crippen LogP contribution is 2.35. The molecule has 0 aliphatic rings. The maximum atomic E-state index is 9.21. The lowest BCUT2D eigenvalue weighted by molar-refractivity contribution is 0.271. The summed E-state index contributed by atoms with van der Waals surface area (Å²) in [5.74, 6) is 0.359. The molecule has 0 unspecified atom stereocenters. The van der Waals surface area contributed by atoms with Crippen LogP contribution in [-0.4, -0.2) is 41.3 Å². The average molecular weight is 371 g/mol. The van der Waals surface area contributed by atoms with Crippen molar-refractivity contribution < 1.29 is 5.11 Å².